The third kappa shape index (κ3) is 4.12. The van der Waals surface area contributed by atoms with Crippen molar-refractivity contribution < 1.29 is 28.5 Å². The van der Waals surface area contributed by atoms with Crippen LogP contribution in [0.1, 0.15) is 19.4 Å². The van der Waals surface area contributed by atoms with Crippen molar-refractivity contribution in [2.75, 3.05) is 14.2 Å². The summed E-state index contributed by atoms with van der Waals surface area (Å²) in [7, 11) is 2.40. The largest absolute Gasteiger partial charge is 0.483 e. The van der Waals surface area contributed by atoms with Gasteiger partial charge < -0.3 is 18.9 Å². The van der Waals surface area contributed by atoms with Crippen molar-refractivity contribution in [2.24, 2.45) is 0 Å². The van der Waals surface area contributed by atoms with Crippen LogP contribution >= 0.6 is 0 Å². The highest BCUT2D eigenvalue weighted by Gasteiger charge is 2.22. The van der Waals surface area contributed by atoms with Gasteiger partial charge >= 0.3 is 11.9 Å². The molecular formula is C17H18O6. The van der Waals surface area contributed by atoms with Gasteiger partial charge in [-0.05, 0) is 38.1 Å². The van der Waals surface area contributed by atoms with E-state index in [9.17, 15) is 9.59 Å². The van der Waals surface area contributed by atoms with Crippen molar-refractivity contribution in [1.82, 2.24) is 0 Å². The molecule has 0 atom stereocenters. The summed E-state index contributed by atoms with van der Waals surface area (Å²) in [5.74, 6) is -0.673. The lowest BCUT2D eigenvalue weighted by Crippen LogP contribution is -2.27. The molecule has 23 heavy (non-hydrogen) atoms. The van der Waals surface area contributed by atoms with E-state index >= 15 is 0 Å². The molecule has 0 aliphatic carbocycles. The van der Waals surface area contributed by atoms with Gasteiger partial charge in [-0.3, -0.25) is 0 Å². The molecule has 0 N–H and O–H groups in total. The van der Waals surface area contributed by atoms with Crippen LogP contribution in [0, 0.1) is 0 Å². The van der Waals surface area contributed by atoms with Gasteiger partial charge in [0.2, 0.25) is 5.76 Å². The molecule has 1 aliphatic heterocycles. The molecule has 1 aromatic rings. The fraction of sp³-hybridized carbons (Fsp3) is 0.294. The second-order valence-electron chi connectivity index (χ2n) is 5.36. The van der Waals surface area contributed by atoms with E-state index in [0.717, 1.165) is 11.6 Å². The zero-order valence-corrected chi connectivity index (χ0v) is 13.4. The van der Waals surface area contributed by atoms with Crippen LogP contribution in [0.4, 0.5) is 0 Å². The molecule has 0 saturated carbocycles. The number of fused-ring (bicyclic) bond motifs is 1. The molecule has 1 aliphatic rings. The summed E-state index contributed by atoms with van der Waals surface area (Å²) in [6, 6.07) is 5.08. The number of carbonyl (C=O) groups excluding carboxylic acids is 2. The number of hydrogen-bond acceptors (Lipinski definition) is 6. The first-order chi connectivity index (χ1) is 10.8. The van der Waals surface area contributed by atoms with Crippen molar-refractivity contribution in [3.8, 4) is 11.5 Å². The number of ether oxygens (including phenoxy) is 4. The molecule has 0 aromatic heterocycles. The van der Waals surface area contributed by atoms with Crippen LogP contribution in [-0.2, 0) is 19.1 Å². The summed E-state index contributed by atoms with van der Waals surface area (Å²) in [6.45, 7) is 3.90. The molecule has 0 spiro atoms. The van der Waals surface area contributed by atoms with Crippen LogP contribution in [-0.4, -0.2) is 31.8 Å². The second-order valence-corrected chi connectivity index (χ2v) is 5.36. The van der Waals surface area contributed by atoms with Gasteiger partial charge in [0.1, 0.15) is 17.1 Å². The highest BCUT2D eigenvalue weighted by molar-refractivity contribution is 5.95. The van der Waals surface area contributed by atoms with Gasteiger partial charge in [-0.2, -0.15) is 0 Å². The Morgan fingerprint density at radius 1 is 1.17 bits per heavy atom. The van der Waals surface area contributed by atoms with Gasteiger partial charge in [-0.15, -0.1) is 0 Å². The number of carbonyl (C=O) groups is 2. The Balaban J connectivity index is 2.27. The van der Waals surface area contributed by atoms with E-state index in [1.54, 1.807) is 18.2 Å². The monoisotopic (exact) mass is 318 g/mol. The first kappa shape index (κ1) is 16.6. The molecule has 1 heterocycles. The summed E-state index contributed by atoms with van der Waals surface area (Å²) in [5, 5.41) is 0. The Morgan fingerprint density at radius 2 is 1.91 bits per heavy atom. The fourth-order valence-electron chi connectivity index (χ4n) is 1.94. The standard InChI is InChI=1S/C17H18O6/c1-17(2)8-7-11-9-12(5-6-13(11)23-17)22-14(16(19)21-4)10-15(18)20-3/h5-10H,1-4H3/b14-10+. The summed E-state index contributed by atoms with van der Waals surface area (Å²) in [5.41, 5.74) is 0.432. The average Bonchev–Trinajstić information content (AvgIpc) is 2.52. The highest BCUT2D eigenvalue weighted by Crippen LogP contribution is 2.33. The van der Waals surface area contributed by atoms with Crippen LogP contribution in [0.5, 0.6) is 11.5 Å². The number of hydrogen-bond donors (Lipinski definition) is 0. The quantitative estimate of drug-likeness (QED) is 0.482. The van der Waals surface area contributed by atoms with Crippen molar-refractivity contribution in [3.05, 3.63) is 41.7 Å². The molecule has 122 valence electrons. The first-order valence-corrected chi connectivity index (χ1v) is 6.93. The Bertz CT molecular complexity index is 684. The number of benzene rings is 1. The number of methoxy groups -OCH3 is 2. The van der Waals surface area contributed by atoms with E-state index in [4.69, 9.17) is 9.47 Å². The molecule has 0 radical (unpaired) electrons. The Labute approximate surface area is 134 Å². The van der Waals surface area contributed by atoms with E-state index < -0.39 is 11.9 Å². The minimum absolute atomic E-state index is 0.264. The molecule has 6 nitrogen and oxygen atoms in total. The van der Waals surface area contributed by atoms with E-state index in [1.807, 2.05) is 26.0 Å². The maximum atomic E-state index is 11.7. The number of rotatable bonds is 4. The maximum Gasteiger partial charge on any atom is 0.374 e. The van der Waals surface area contributed by atoms with Gasteiger partial charge in [-0.25, -0.2) is 9.59 Å². The fourth-order valence-corrected chi connectivity index (χ4v) is 1.94. The molecule has 0 amide bonds. The molecule has 1 aromatic carbocycles. The van der Waals surface area contributed by atoms with Crippen molar-refractivity contribution in [2.45, 2.75) is 19.4 Å². The summed E-state index contributed by atoms with van der Waals surface area (Å²) in [4.78, 5) is 23.0. The van der Waals surface area contributed by atoms with Crippen LogP contribution in [0.25, 0.3) is 6.08 Å². The molecule has 0 bridgehead atoms. The average molecular weight is 318 g/mol. The minimum Gasteiger partial charge on any atom is -0.483 e. The van der Waals surface area contributed by atoms with Gasteiger partial charge in [0.15, 0.2) is 0 Å². The predicted octanol–water partition coefficient (Wildman–Crippen LogP) is 2.48. The minimum atomic E-state index is -0.777. The van der Waals surface area contributed by atoms with E-state index in [1.165, 1.54) is 14.2 Å². The van der Waals surface area contributed by atoms with Crippen LogP contribution < -0.4 is 9.47 Å². The summed E-state index contributed by atoms with van der Waals surface area (Å²) in [6.07, 6.45) is 4.76. The highest BCUT2D eigenvalue weighted by atomic mass is 16.6. The summed E-state index contributed by atoms with van der Waals surface area (Å²) < 4.78 is 20.3. The van der Waals surface area contributed by atoms with Gasteiger partial charge in [0.05, 0.1) is 20.3 Å². The normalized spacial score (nSPS) is 15.2. The molecular weight excluding hydrogens is 300 g/mol. The predicted molar refractivity (Wildman–Crippen MR) is 82.9 cm³/mol. The first-order valence-electron chi connectivity index (χ1n) is 6.93. The van der Waals surface area contributed by atoms with Crippen molar-refractivity contribution in [1.29, 1.82) is 0 Å². The maximum absolute atomic E-state index is 11.7. The topological polar surface area (TPSA) is 71.1 Å². The molecule has 0 saturated heterocycles. The molecule has 0 fully saturated rings. The molecule has 6 heteroatoms. The Hall–Kier alpha value is -2.76. The zero-order valence-electron chi connectivity index (χ0n) is 13.4. The lowest BCUT2D eigenvalue weighted by Gasteiger charge is -2.27. The van der Waals surface area contributed by atoms with E-state index in [0.29, 0.717) is 11.5 Å². The van der Waals surface area contributed by atoms with Gasteiger partial charge in [0.25, 0.3) is 0 Å². The second kappa shape index (κ2) is 6.56. The Morgan fingerprint density at radius 3 is 2.57 bits per heavy atom. The van der Waals surface area contributed by atoms with E-state index in [-0.39, 0.29) is 11.4 Å². The van der Waals surface area contributed by atoms with Gasteiger partial charge in [0, 0.05) is 5.56 Å². The van der Waals surface area contributed by atoms with Crippen molar-refractivity contribution >= 4 is 18.0 Å². The Kier molecular flexibility index (Phi) is 4.74. The number of esters is 2. The molecule has 2 rings (SSSR count). The third-order valence-electron chi connectivity index (χ3n) is 3.08. The molecule has 0 unspecified atom stereocenters. The van der Waals surface area contributed by atoms with E-state index in [2.05, 4.69) is 9.47 Å². The third-order valence-corrected chi connectivity index (χ3v) is 3.08. The lowest BCUT2D eigenvalue weighted by atomic mass is 10.0. The summed E-state index contributed by atoms with van der Waals surface area (Å²) >= 11 is 0. The SMILES string of the molecule is COC(=O)/C=C(/Oc1ccc2c(c1)C=CC(C)(C)O2)C(=O)OC. The lowest BCUT2D eigenvalue weighted by molar-refractivity contribution is -0.140. The zero-order chi connectivity index (χ0) is 17.0. The van der Waals surface area contributed by atoms with Crippen molar-refractivity contribution in [3.63, 3.8) is 0 Å². The smallest absolute Gasteiger partial charge is 0.374 e. The van der Waals surface area contributed by atoms with Crippen LogP contribution in [0.3, 0.4) is 0 Å². The van der Waals surface area contributed by atoms with Crippen LogP contribution in [0.2, 0.25) is 0 Å². The van der Waals surface area contributed by atoms with Gasteiger partial charge in [-0.1, -0.05) is 6.08 Å². The van der Waals surface area contributed by atoms with Crippen LogP contribution in [0.15, 0.2) is 36.1 Å².